The molecule has 0 aromatic heterocycles. The van der Waals surface area contributed by atoms with Gasteiger partial charge >= 0.3 is 0 Å². The van der Waals surface area contributed by atoms with Crippen molar-refractivity contribution in [1.82, 2.24) is 0 Å². The minimum atomic E-state index is -0.0187. The van der Waals surface area contributed by atoms with Gasteiger partial charge in [-0.25, -0.2) is 0 Å². The number of phenolic OH excluding ortho intramolecular Hbond substituents is 1. The van der Waals surface area contributed by atoms with Crippen LogP contribution in [0.1, 0.15) is 27.7 Å². The zero-order valence-electron chi connectivity index (χ0n) is 11.2. The van der Waals surface area contributed by atoms with E-state index in [0.29, 0.717) is 5.75 Å². The molecule has 0 bridgehead atoms. The van der Waals surface area contributed by atoms with Crippen LogP contribution >= 0.6 is 11.8 Å². The molecule has 0 amide bonds. The first-order chi connectivity index (χ1) is 9.09. The molecule has 2 nitrogen and oxygen atoms in total. The Hall–Kier alpha value is -1.61. The Morgan fingerprint density at radius 3 is 2.37 bits per heavy atom. The molecule has 1 aliphatic rings. The highest BCUT2D eigenvalue weighted by molar-refractivity contribution is 7.99. The third-order valence-electron chi connectivity index (χ3n) is 3.68. The maximum absolute atomic E-state index is 10.1. The van der Waals surface area contributed by atoms with Crippen molar-refractivity contribution in [2.45, 2.75) is 31.1 Å². The zero-order valence-corrected chi connectivity index (χ0v) is 12.0. The Morgan fingerprint density at radius 2 is 1.68 bits per heavy atom. The lowest BCUT2D eigenvalue weighted by Gasteiger charge is -2.12. The van der Waals surface area contributed by atoms with Gasteiger partial charge in [0.05, 0.1) is 4.90 Å². The first-order valence-corrected chi connectivity index (χ1v) is 7.18. The van der Waals surface area contributed by atoms with E-state index in [1.54, 1.807) is 11.8 Å². The highest BCUT2D eigenvalue weighted by Crippen LogP contribution is 2.54. The SMILES string of the molecule is Cc1c(C)c2c(c(C)c1O)SC(c1ccccc1)O2. The topological polar surface area (TPSA) is 29.5 Å². The molecule has 1 heterocycles. The van der Waals surface area contributed by atoms with E-state index >= 15 is 0 Å². The van der Waals surface area contributed by atoms with Gasteiger partial charge in [-0.3, -0.25) is 0 Å². The summed E-state index contributed by atoms with van der Waals surface area (Å²) in [6.45, 7) is 5.88. The Morgan fingerprint density at radius 1 is 1.00 bits per heavy atom. The fourth-order valence-electron chi connectivity index (χ4n) is 2.35. The van der Waals surface area contributed by atoms with Gasteiger partial charge in [-0.1, -0.05) is 42.1 Å². The molecule has 1 aliphatic heterocycles. The standard InChI is InChI=1S/C16H16O2S/c1-9-10(2)14-15(11(3)13(9)17)19-16(18-14)12-7-5-4-6-8-12/h4-8,16-17H,1-3H3. The number of thioether (sulfide) groups is 1. The Bertz CT molecular complexity index is 598. The van der Waals surface area contributed by atoms with E-state index in [-0.39, 0.29) is 5.44 Å². The number of benzene rings is 2. The van der Waals surface area contributed by atoms with Gasteiger partial charge in [0.1, 0.15) is 11.5 Å². The van der Waals surface area contributed by atoms with Crippen molar-refractivity contribution in [3.8, 4) is 11.5 Å². The summed E-state index contributed by atoms with van der Waals surface area (Å²) in [6, 6.07) is 10.2. The largest absolute Gasteiger partial charge is 0.507 e. The highest BCUT2D eigenvalue weighted by Gasteiger charge is 2.30. The minimum absolute atomic E-state index is 0.0187. The van der Waals surface area contributed by atoms with Gasteiger partial charge in [-0.2, -0.15) is 0 Å². The van der Waals surface area contributed by atoms with Crippen molar-refractivity contribution in [3.63, 3.8) is 0 Å². The number of fused-ring (bicyclic) bond motifs is 1. The van der Waals surface area contributed by atoms with Crippen molar-refractivity contribution in [3.05, 3.63) is 52.6 Å². The summed E-state index contributed by atoms with van der Waals surface area (Å²) in [5, 5.41) is 10.1. The summed E-state index contributed by atoms with van der Waals surface area (Å²) < 4.78 is 6.09. The van der Waals surface area contributed by atoms with Crippen molar-refractivity contribution < 1.29 is 9.84 Å². The highest BCUT2D eigenvalue weighted by atomic mass is 32.2. The van der Waals surface area contributed by atoms with Crippen molar-refractivity contribution >= 4 is 11.8 Å². The lowest BCUT2D eigenvalue weighted by atomic mass is 10.0. The molecule has 3 heteroatoms. The molecule has 0 aliphatic carbocycles. The van der Waals surface area contributed by atoms with Crippen LogP contribution < -0.4 is 4.74 Å². The van der Waals surface area contributed by atoms with Crippen LogP contribution in [-0.2, 0) is 0 Å². The predicted molar refractivity (Wildman–Crippen MR) is 78.0 cm³/mol. The second kappa shape index (κ2) is 4.49. The maximum atomic E-state index is 10.1. The average Bonchev–Trinajstić information content (AvgIpc) is 2.89. The van der Waals surface area contributed by atoms with E-state index in [2.05, 4.69) is 12.1 Å². The lowest BCUT2D eigenvalue weighted by molar-refractivity contribution is 0.299. The van der Waals surface area contributed by atoms with Crippen LogP contribution in [0, 0.1) is 20.8 Å². The third-order valence-corrected chi connectivity index (χ3v) is 4.99. The van der Waals surface area contributed by atoms with Gasteiger partial charge in [0, 0.05) is 11.1 Å². The normalized spacial score (nSPS) is 17.1. The number of aromatic hydroxyl groups is 1. The summed E-state index contributed by atoms with van der Waals surface area (Å²) in [6.07, 6.45) is 0. The second-order valence-corrected chi connectivity index (χ2v) is 5.93. The molecule has 1 atom stereocenters. The molecule has 1 unspecified atom stereocenters. The van der Waals surface area contributed by atoms with Crippen LogP contribution in [0.5, 0.6) is 11.5 Å². The van der Waals surface area contributed by atoms with Crippen molar-refractivity contribution in [2.75, 3.05) is 0 Å². The van der Waals surface area contributed by atoms with Gasteiger partial charge in [-0.05, 0) is 31.9 Å². The molecule has 0 radical (unpaired) electrons. The molecule has 98 valence electrons. The monoisotopic (exact) mass is 272 g/mol. The van der Waals surface area contributed by atoms with Crippen LogP contribution in [0.3, 0.4) is 0 Å². The summed E-state index contributed by atoms with van der Waals surface area (Å²) >= 11 is 1.67. The Kier molecular flexibility index (Phi) is 2.94. The molecular weight excluding hydrogens is 256 g/mol. The van der Waals surface area contributed by atoms with E-state index < -0.39 is 0 Å². The molecule has 0 fully saturated rings. The fraction of sp³-hybridized carbons (Fsp3) is 0.250. The molecule has 3 rings (SSSR count). The van der Waals surface area contributed by atoms with Gasteiger partial charge < -0.3 is 9.84 Å². The number of phenols is 1. The molecule has 2 aromatic rings. The van der Waals surface area contributed by atoms with E-state index in [9.17, 15) is 5.11 Å². The van der Waals surface area contributed by atoms with Crippen LogP contribution in [0.15, 0.2) is 35.2 Å². The number of ether oxygens (including phenoxy) is 1. The van der Waals surface area contributed by atoms with Gasteiger partial charge in [-0.15, -0.1) is 0 Å². The van der Waals surface area contributed by atoms with E-state index in [1.807, 2.05) is 39.0 Å². The summed E-state index contributed by atoms with van der Waals surface area (Å²) in [7, 11) is 0. The van der Waals surface area contributed by atoms with E-state index in [4.69, 9.17) is 4.74 Å². The zero-order chi connectivity index (χ0) is 13.6. The second-order valence-electron chi connectivity index (χ2n) is 4.86. The van der Waals surface area contributed by atoms with Crippen LogP contribution in [0.4, 0.5) is 0 Å². The van der Waals surface area contributed by atoms with Crippen LogP contribution in [-0.4, -0.2) is 5.11 Å². The molecule has 0 spiro atoms. The van der Waals surface area contributed by atoms with E-state index in [1.165, 1.54) is 0 Å². The molecular formula is C16H16O2S. The first kappa shape index (κ1) is 12.4. The lowest BCUT2D eigenvalue weighted by Crippen LogP contribution is -1.98. The maximum Gasteiger partial charge on any atom is 0.174 e. The molecule has 0 saturated carbocycles. The molecule has 0 saturated heterocycles. The van der Waals surface area contributed by atoms with E-state index in [0.717, 1.165) is 32.9 Å². The van der Waals surface area contributed by atoms with Crippen molar-refractivity contribution in [2.24, 2.45) is 0 Å². The Labute approximate surface area is 117 Å². The third kappa shape index (κ3) is 1.89. The van der Waals surface area contributed by atoms with Crippen LogP contribution in [0.2, 0.25) is 0 Å². The fourth-order valence-corrected chi connectivity index (χ4v) is 3.58. The smallest absolute Gasteiger partial charge is 0.174 e. The first-order valence-electron chi connectivity index (χ1n) is 6.30. The quantitative estimate of drug-likeness (QED) is 0.828. The van der Waals surface area contributed by atoms with Crippen molar-refractivity contribution in [1.29, 1.82) is 0 Å². The number of hydrogen-bond acceptors (Lipinski definition) is 3. The molecule has 1 N–H and O–H groups in total. The predicted octanol–water partition coefficient (Wildman–Crippen LogP) is 4.50. The molecule has 2 aromatic carbocycles. The van der Waals surface area contributed by atoms with Crippen LogP contribution in [0.25, 0.3) is 0 Å². The number of hydrogen-bond donors (Lipinski definition) is 1. The van der Waals surface area contributed by atoms with Gasteiger partial charge in [0.25, 0.3) is 0 Å². The Balaban J connectivity index is 2.06. The van der Waals surface area contributed by atoms with Gasteiger partial charge in [0.15, 0.2) is 5.44 Å². The summed E-state index contributed by atoms with van der Waals surface area (Å²) in [4.78, 5) is 1.06. The summed E-state index contributed by atoms with van der Waals surface area (Å²) in [5.74, 6) is 1.31. The molecule has 19 heavy (non-hydrogen) atoms. The average molecular weight is 272 g/mol. The summed E-state index contributed by atoms with van der Waals surface area (Å²) in [5.41, 5.74) is 3.99. The minimum Gasteiger partial charge on any atom is -0.507 e. The number of rotatable bonds is 1. The van der Waals surface area contributed by atoms with Gasteiger partial charge in [0.2, 0.25) is 0 Å².